The van der Waals surface area contributed by atoms with Gasteiger partial charge in [0.1, 0.15) is 0 Å². The lowest BCUT2D eigenvalue weighted by atomic mass is 9.99. The van der Waals surface area contributed by atoms with E-state index in [1.165, 1.54) is 0 Å². The van der Waals surface area contributed by atoms with Crippen LogP contribution in [0.15, 0.2) is 47.5 Å². The summed E-state index contributed by atoms with van der Waals surface area (Å²) in [4.78, 5) is 18.2. The Balaban J connectivity index is 1.70. The Morgan fingerprint density at radius 2 is 2.11 bits per heavy atom. The zero-order valence-corrected chi connectivity index (χ0v) is 16.1. The molecule has 1 aliphatic rings. The molecule has 1 aromatic heterocycles. The van der Waals surface area contributed by atoms with Gasteiger partial charge >= 0.3 is 0 Å². The van der Waals surface area contributed by atoms with Crippen molar-refractivity contribution in [1.82, 2.24) is 14.6 Å². The number of carbonyl (C=O) groups is 1. The molecule has 0 aliphatic carbocycles. The quantitative estimate of drug-likeness (QED) is 0.763. The van der Waals surface area contributed by atoms with Gasteiger partial charge in [0.25, 0.3) is 0 Å². The number of rotatable bonds is 6. The fourth-order valence-corrected chi connectivity index (χ4v) is 4.20. The summed E-state index contributed by atoms with van der Waals surface area (Å²) >= 11 is 0. The van der Waals surface area contributed by atoms with Gasteiger partial charge in [0.15, 0.2) is 0 Å². The first-order chi connectivity index (χ1) is 12.9. The van der Waals surface area contributed by atoms with E-state index in [1.807, 2.05) is 24.3 Å². The average molecular weight is 388 g/mol. The SMILES string of the molecule is C[C@@H](N)C(=O)N1CCc2ccc(S(=O)(=O)NCCc3ccccn3)cc2C1. The molecule has 1 atom stereocenters. The lowest BCUT2D eigenvalue weighted by Gasteiger charge is -2.30. The van der Waals surface area contributed by atoms with Crippen molar-refractivity contribution in [2.75, 3.05) is 13.1 Å². The van der Waals surface area contributed by atoms with Gasteiger partial charge in [-0.05, 0) is 48.7 Å². The summed E-state index contributed by atoms with van der Waals surface area (Å²) in [6.07, 6.45) is 2.89. The summed E-state index contributed by atoms with van der Waals surface area (Å²) in [7, 11) is -3.62. The van der Waals surface area contributed by atoms with Crippen LogP contribution in [-0.2, 0) is 34.2 Å². The number of hydrogen-bond acceptors (Lipinski definition) is 5. The molecule has 0 fully saturated rings. The van der Waals surface area contributed by atoms with Gasteiger partial charge in [-0.3, -0.25) is 9.78 Å². The van der Waals surface area contributed by atoms with Crippen molar-refractivity contribution in [2.24, 2.45) is 5.73 Å². The van der Waals surface area contributed by atoms with Gasteiger partial charge < -0.3 is 10.6 Å². The average Bonchev–Trinajstić information content (AvgIpc) is 2.67. The smallest absolute Gasteiger partial charge is 0.240 e. The fraction of sp³-hybridized carbons (Fsp3) is 0.368. The first-order valence-electron chi connectivity index (χ1n) is 8.92. The molecule has 3 N–H and O–H groups in total. The van der Waals surface area contributed by atoms with Gasteiger partial charge in [0.2, 0.25) is 15.9 Å². The van der Waals surface area contributed by atoms with Crippen molar-refractivity contribution in [1.29, 1.82) is 0 Å². The van der Waals surface area contributed by atoms with Crippen molar-refractivity contribution >= 4 is 15.9 Å². The van der Waals surface area contributed by atoms with Crippen molar-refractivity contribution in [3.63, 3.8) is 0 Å². The van der Waals surface area contributed by atoms with Gasteiger partial charge in [0, 0.05) is 37.9 Å². The first kappa shape index (κ1) is 19.5. The minimum atomic E-state index is -3.62. The molecule has 1 aromatic carbocycles. The molecule has 3 rings (SSSR count). The molecule has 0 saturated carbocycles. The third-order valence-electron chi connectivity index (χ3n) is 4.60. The minimum Gasteiger partial charge on any atom is -0.337 e. The van der Waals surface area contributed by atoms with Crippen molar-refractivity contribution in [3.8, 4) is 0 Å². The van der Waals surface area contributed by atoms with Crippen LogP contribution in [0.1, 0.15) is 23.7 Å². The molecule has 7 nitrogen and oxygen atoms in total. The molecule has 27 heavy (non-hydrogen) atoms. The number of nitrogens with two attached hydrogens (primary N) is 1. The maximum Gasteiger partial charge on any atom is 0.240 e. The number of aromatic nitrogens is 1. The molecule has 2 aromatic rings. The Hall–Kier alpha value is -2.29. The van der Waals surface area contributed by atoms with Crippen LogP contribution in [0, 0.1) is 0 Å². The van der Waals surface area contributed by atoms with E-state index in [4.69, 9.17) is 5.73 Å². The molecule has 8 heteroatoms. The molecular weight excluding hydrogens is 364 g/mol. The number of carbonyl (C=O) groups excluding carboxylic acids is 1. The Labute approximate surface area is 159 Å². The highest BCUT2D eigenvalue weighted by Crippen LogP contribution is 2.23. The second kappa shape index (κ2) is 8.16. The number of pyridine rings is 1. The first-order valence-corrected chi connectivity index (χ1v) is 10.4. The predicted molar refractivity (Wildman–Crippen MR) is 102 cm³/mol. The van der Waals surface area contributed by atoms with Crippen LogP contribution in [0.2, 0.25) is 0 Å². The molecule has 144 valence electrons. The minimum absolute atomic E-state index is 0.123. The van der Waals surface area contributed by atoms with E-state index < -0.39 is 16.1 Å². The van der Waals surface area contributed by atoms with Crippen molar-refractivity contribution in [2.45, 2.75) is 37.2 Å². The molecule has 1 aliphatic heterocycles. The highest BCUT2D eigenvalue weighted by molar-refractivity contribution is 7.89. The van der Waals surface area contributed by atoms with Gasteiger partial charge in [-0.15, -0.1) is 0 Å². The Kier molecular flexibility index (Phi) is 5.88. The summed E-state index contributed by atoms with van der Waals surface area (Å²) in [6.45, 7) is 2.91. The second-order valence-electron chi connectivity index (χ2n) is 6.70. The van der Waals surface area contributed by atoms with Crippen LogP contribution in [-0.4, -0.2) is 43.3 Å². The normalized spacial score (nSPS) is 15.3. The number of sulfonamides is 1. The third kappa shape index (κ3) is 4.71. The monoisotopic (exact) mass is 388 g/mol. The van der Waals surface area contributed by atoms with Crippen molar-refractivity contribution in [3.05, 3.63) is 59.4 Å². The fourth-order valence-electron chi connectivity index (χ4n) is 3.12. The van der Waals surface area contributed by atoms with Crippen LogP contribution >= 0.6 is 0 Å². The Morgan fingerprint density at radius 1 is 1.30 bits per heavy atom. The zero-order valence-electron chi connectivity index (χ0n) is 15.3. The summed E-state index contributed by atoms with van der Waals surface area (Å²) < 4.78 is 27.8. The highest BCUT2D eigenvalue weighted by atomic mass is 32.2. The highest BCUT2D eigenvalue weighted by Gasteiger charge is 2.24. The molecule has 0 spiro atoms. The molecule has 2 heterocycles. The summed E-state index contributed by atoms with van der Waals surface area (Å²) in [6, 6.07) is 10.1. The lowest BCUT2D eigenvalue weighted by molar-refractivity contribution is -0.133. The van der Waals surface area contributed by atoms with E-state index in [2.05, 4.69) is 9.71 Å². The second-order valence-corrected chi connectivity index (χ2v) is 8.46. The standard InChI is InChI=1S/C19H24N4O3S/c1-14(20)19(24)23-11-8-15-5-6-18(12-16(15)13-23)27(25,26)22-10-7-17-4-2-3-9-21-17/h2-6,9,12,14,22H,7-8,10-11,13,20H2,1H3/t14-/m1/s1. The maximum atomic E-state index is 12.6. The van der Waals surface area contributed by atoms with Crippen LogP contribution in [0.25, 0.3) is 0 Å². The topological polar surface area (TPSA) is 105 Å². The predicted octanol–water partition coefficient (Wildman–Crippen LogP) is 0.835. The van der Waals surface area contributed by atoms with Gasteiger partial charge in [0.05, 0.1) is 10.9 Å². The molecular formula is C19H24N4O3S. The largest absolute Gasteiger partial charge is 0.337 e. The van der Waals surface area contributed by atoms with Crippen molar-refractivity contribution < 1.29 is 13.2 Å². The van der Waals surface area contributed by atoms with E-state index >= 15 is 0 Å². The van der Waals surface area contributed by atoms with Gasteiger partial charge in [-0.2, -0.15) is 0 Å². The summed E-state index contributed by atoms with van der Waals surface area (Å²) in [5.74, 6) is -0.123. The van der Waals surface area contributed by atoms with E-state index in [0.29, 0.717) is 25.9 Å². The molecule has 1 amide bonds. The van der Waals surface area contributed by atoms with Crippen LogP contribution in [0.4, 0.5) is 0 Å². The van der Waals surface area contributed by atoms with E-state index in [1.54, 1.807) is 30.2 Å². The Morgan fingerprint density at radius 3 is 2.81 bits per heavy atom. The molecule has 0 saturated heterocycles. The summed E-state index contributed by atoms with van der Waals surface area (Å²) in [5, 5.41) is 0. The van der Waals surface area contributed by atoms with Gasteiger partial charge in [-0.25, -0.2) is 13.1 Å². The zero-order chi connectivity index (χ0) is 19.4. The molecule has 0 radical (unpaired) electrons. The van der Waals surface area contributed by atoms with E-state index in [9.17, 15) is 13.2 Å². The third-order valence-corrected chi connectivity index (χ3v) is 6.06. The number of benzene rings is 1. The maximum absolute atomic E-state index is 12.6. The van der Waals surface area contributed by atoms with E-state index in [-0.39, 0.29) is 17.3 Å². The van der Waals surface area contributed by atoms with Crippen LogP contribution in [0.3, 0.4) is 0 Å². The lowest BCUT2D eigenvalue weighted by Crippen LogP contribution is -2.44. The number of nitrogens with one attached hydrogen (secondary N) is 1. The summed E-state index contributed by atoms with van der Waals surface area (Å²) in [5.41, 5.74) is 8.43. The number of nitrogens with zero attached hydrogens (tertiary/aromatic N) is 2. The number of hydrogen-bond donors (Lipinski definition) is 2. The number of fused-ring (bicyclic) bond motifs is 1. The van der Waals surface area contributed by atoms with Crippen LogP contribution < -0.4 is 10.5 Å². The van der Waals surface area contributed by atoms with E-state index in [0.717, 1.165) is 16.8 Å². The van der Waals surface area contributed by atoms with Gasteiger partial charge in [-0.1, -0.05) is 12.1 Å². The Bertz CT molecular complexity index is 914. The molecule has 0 bridgehead atoms. The number of amides is 1. The van der Waals surface area contributed by atoms with Crippen LogP contribution in [0.5, 0.6) is 0 Å². The molecule has 0 unspecified atom stereocenters.